The minimum atomic E-state index is -2.10. The van der Waals surface area contributed by atoms with Gasteiger partial charge in [0.2, 0.25) is 0 Å². The molecule has 3 heteroatoms. The molecule has 0 amide bonds. The zero-order valence-corrected chi connectivity index (χ0v) is 15.5. The van der Waals surface area contributed by atoms with Gasteiger partial charge in [-0.25, -0.2) is 0 Å². The molecule has 0 N–H and O–H groups in total. The fourth-order valence-electron chi connectivity index (χ4n) is 4.13. The Morgan fingerprint density at radius 3 is 1.61 bits per heavy atom. The Hall–Kier alpha value is -1.21. The van der Waals surface area contributed by atoms with E-state index in [1.54, 1.807) is 0 Å². The van der Waals surface area contributed by atoms with Crippen LogP contribution in [0, 0.1) is 0 Å². The van der Waals surface area contributed by atoms with Crippen molar-refractivity contribution >= 4 is 18.0 Å². The van der Waals surface area contributed by atoms with Gasteiger partial charge in [0.05, 0.1) is 0 Å². The second kappa shape index (κ2) is 6.73. The number of nitrogens with zero attached hydrogens (tertiary/aromatic N) is 1. The van der Waals surface area contributed by atoms with Crippen LogP contribution in [0.15, 0.2) is 60.7 Å². The number of rotatable bonds is 3. The van der Waals surface area contributed by atoms with Gasteiger partial charge in [0.25, 0.3) is 0 Å². The molecule has 0 aliphatic carbocycles. The number of morpholine rings is 1. The molecule has 0 saturated carbocycles. The molecule has 0 bridgehead atoms. The number of ether oxygens (including phenoxy) is 1. The minimum absolute atomic E-state index is 0.188. The van der Waals surface area contributed by atoms with Crippen LogP contribution in [-0.4, -0.2) is 36.1 Å². The van der Waals surface area contributed by atoms with E-state index < -0.39 is 7.41 Å². The van der Waals surface area contributed by atoms with Crippen molar-refractivity contribution in [3.05, 3.63) is 60.7 Å². The second-order valence-electron chi connectivity index (χ2n) is 7.29. The number of benzene rings is 2. The summed E-state index contributed by atoms with van der Waals surface area (Å²) in [6.45, 7) is 11.0. The fraction of sp³-hybridized carbons (Fsp3) is 0.400. The first-order valence-electron chi connectivity index (χ1n) is 8.50. The molecule has 0 radical (unpaired) electrons. The summed E-state index contributed by atoms with van der Waals surface area (Å²) in [6.07, 6.45) is 0. The van der Waals surface area contributed by atoms with E-state index in [9.17, 15) is 0 Å². The average molecular weight is 329 g/mol. The molecule has 124 valence electrons. The Labute approximate surface area is 140 Å². The molecule has 2 nitrogen and oxygen atoms in total. The van der Waals surface area contributed by atoms with E-state index in [1.165, 1.54) is 10.6 Å². The predicted octanol–water partition coefficient (Wildman–Crippen LogP) is 3.43. The van der Waals surface area contributed by atoms with Gasteiger partial charge in [0, 0.05) is 0 Å². The summed E-state index contributed by atoms with van der Waals surface area (Å²) >= 11 is 0. The third-order valence-corrected chi connectivity index (χ3v) is 10.9. The molecule has 0 unspecified atom stereocenters. The first kappa shape index (κ1) is 16.6. The monoisotopic (exact) mass is 329 g/mol. The van der Waals surface area contributed by atoms with Gasteiger partial charge in [-0.15, -0.1) is 0 Å². The van der Waals surface area contributed by atoms with Crippen LogP contribution >= 0.6 is 7.41 Å². The molecular formula is C20H28NOP. The molecular weight excluding hydrogens is 301 g/mol. The third-order valence-electron chi connectivity index (χ3n) is 4.95. The Balaban J connectivity index is 2.25. The molecule has 1 heterocycles. The van der Waals surface area contributed by atoms with E-state index in [-0.39, 0.29) is 5.16 Å². The quantitative estimate of drug-likeness (QED) is 0.800. The van der Waals surface area contributed by atoms with Crippen LogP contribution in [-0.2, 0) is 4.74 Å². The molecule has 3 rings (SSSR count). The van der Waals surface area contributed by atoms with Crippen LogP contribution in [0.25, 0.3) is 0 Å². The van der Waals surface area contributed by atoms with Gasteiger partial charge in [0.15, 0.2) is 0 Å². The van der Waals surface area contributed by atoms with E-state index in [4.69, 9.17) is 4.74 Å². The Morgan fingerprint density at radius 2 is 1.22 bits per heavy atom. The Kier molecular flexibility index (Phi) is 4.87. The summed E-state index contributed by atoms with van der Waals surface area (Å²) in [6, 6.07) is 22.3. The van der Waals surface area contributed by atoms with Crippen molar-refractivity contribution < 1.29 is 4.74 Å². The van der Waals surface area contributed by atoms with E-state index >= 15 is 0 Å². The van der Waals surface area contributed by atoms with Crippen molar-refractivity contribution in [2.75, 3.05) is 26.3 Å². The van der Waals surface area contributed by atoms with E-state index in [0.717, 1.165) is 26.3 Å². The van der Waals surface area contributed by atoms with Crippen LogP contribution in [0.2, 0.25) is 0 Å². The van der Waals surface area contributed by atoms with Gasteiger partial charge in [-0.2, -0.15) is 0 Å². The molecule has 1 aliphatic rings. The Bertz CT molecular complexity index is 576. The average Bonchev–Trinajstić information content (AvgIpc) is 2.57. The van der Waals surface area contributed by atoms with Crippen LogP contribution in [0.3, 0.4) is 0 Å². The van der Waals surface area contributed by atoms with Gasteiger partial charge in [0.1, 0.15) is 0 Å². The molecule has 23 heavy (non-hydrogen) atoms. The third kappa shape index (κ3) is 2.96. The summed E-state index contributed by atoms with van der Waals surface area (Å²) in [5.41, 5.74) is 0. The standard InChI is InChI=1S/C20H28NOP/c1-20(2,3)23(18-10-6-4-7-11-18,19-12-8-5-9-13-19)21-14-16-22-17-15-21/h4-13,23H,14-17H2,1-3H3. The van der Waals surface area contributed by atoms with Gasteiger partial charge in [-0.05, 0) is 0 Å². The summed E-state index contributed by atoms with van der Waals surface area (Å²) in [5, 5.41) is 3.19. The Morgan fingerprint density at radius 1 is 0.783 bits per heavy atom. The zero-order valence-electron chi connectivity index (χ0n) is 14.5. The maximum absolute atomic E-state index is 5.66. The first-order chi connectivity index (χ1) is 11.1. The van der Waals surface area contributed by atoms with Crippen molar-refractivity contribution in [2.45, 2.75) is 25.9 Å². The SMILES string of the molecule is CC(C)(C)[PH](c1ccccc1)(c1ccccc1)N1CCOCC1. The fourth-order valence-corrected chi connectivity index (χ4v) is 10.1. The number of hydrogen-bond acceptors (Lipinski definition) is 2. The second-order valence-corrected chi connectivity index (χ2v) is 12.0. The summed E-state index contributed by atoms with van der Waals surface area (Å²) in [7, 11) is -2.10. The molecule has 0 spiro atoms. The van der Waals surface area contributed by atoms with Gasteiger partial charge in [-0.1, -0.05) is 0 Å². The van der Waals surface area contributed by atoms with Crippen molar-refractivity contribution in [3.63, 3.8) is 0 Å². The number of hydrogen-bond donors (Lipinski definition) is 0. The molecule has 0 aromatic heterocycles. The van der Waals surface area contributed by atoms with Crippen LogP contribution in [0.4, 0.5) is 0 Å². The van der Waals surface area contributed by atoms with Crippen molar-refractivity contribution in [3.8, 4) is 0 Å². The molecule has 1 fully saturated rings. The molecule has 2 aromatic carbocycles. The topological polar surface area (TPSA) is 12.5 Å². The first-order valence-corrected chi connectivity index (χ1v) is 10.5. The summed E-state index contributed by atoms with van der Waals surface area (Å²) in [4.78, 5) is 0. The van der Waals surface area contributed by atoms with E-state index in [0.29, 0.717) is 0 Å². The predicted molar refractivity (Wildman–Crippen MR) is 103 cm³/mol. The maximum atomic E-state index is 5.66. The molecule has 2 aromatic rings. The van der Waals surface area contributed by atoms with Gasteiger partial charge < -0.3 is 0 Å². The van der Waals surface area contributed by atoms with Crippen molar-refractivity contribution in [1.82, 2.24) is 4.67 Å². The molecule has 0 atom stereocenters. The zero-order chi connectivity index (χ0) is 16.3. The van der Waals surface area contributed by atoms with Crippen LogP contribution < -0.4 is 10.6 Å². The normalized spacial score (nSPS) is 17.9. The summed E-state index contributed by atoms with van der Waals surface area (Å²) in [5.74, 6) is 0. The van der Waals surface area contributed by atoms with Gasteiger partial charge in [-0.3, -0.25) is 0 Å². The molecule has 1 aliphatic heterocycles. The van der Waals surface area contributed by atoms with E-state index in [2.05, 4.69) is 86.1 Å². The summed E-state index contributed by atoms with van der Waals surface area (Å²) < 4.78 is 8.41. The molecule has 1 saturated heterocycles. The van der Waals surface area contributed by atoms with Gasteiger partial charge >= 0.3 is 140 Å². The van der Waals surface area contributed by atoms with Crippen molar-refractivity contribution in [2.24, 2.45) is 0 Å². The van der Waals surface area contributed by atoms with Crippen molar-refractivity contribution in [1.29, 1.82) is 0 Å². The van der Waals surface area contributed by atoms with Crippen LogP contribution in [0.1, 0.15) is 20.8 Å². The van der Waals surface area contributed by atoms with Crippen LogP contribution in [0.5, 0.6) is 0 Å². The van der Waals surface area contributed by atoms with E-state index in [1.807, 2.05) is 0 Å².